The number of nitrogens with zero attached hydrogens (tertiary/aromatic N) is 3. The van der Waals surface area contributed by atoms with Crippen molar-refractivity contribution in [3.05, 3.63) is 35.8 Å². The van der Waals surface area contributed by atoms with Crippen LogP contribution in [0.15, 0.2) is 24.3 Å². The highest BCUT2D eigenvalue weighted by atomic mass is 16.5. The van der Waals surface area contributed by atoms with Crippen LogP contribution >= 0.6 is 0 Å². The molecule has 0 fully saturated rings. The zero-order chi connectivity index (χ0) is 22.1. The first kappa shape index (κ1) is 22.0. The van der Waals surface area contributed by atoms with Crippen LogP contribution < -0.4 is 15.0 Å². The van der Waals surface area contributed by atoms with Gasteiger partial charge in [0, 0.05) is 29.7 Å². The second-order valence-corrected chi connectivity index (χ2v) is 9.61. The third-order valence-electron chi connectivity index (χ3n) is 4.72. The number of rotatable bonds is 4. The Kier molecular flexibility index (Phi) is 6.04. The molecule has 1 amide bonds. The number of nitrogens with one attached hydrogen (secondary N) is 1. The zero-order valence-corrected chi connectivity index (χ0v) is 19.0. The fourth-order valence-electron chi connectivity index (χ4n) is 3.18. The standard InChI is InChI=1S/C23H32N4O3/c1-22(2,3)20-25-16(14-29-7)13-19(26-20)24-15-8-9-18-17(12-15)27(10-11-30-18)21(28)23(4,5)6/h8-9,12-13H,10-11,14H2,1-7H3,(H,24,25,26). The fourth-order valence-corrected chi connectivity index (χ4v) is 3.18. The first-order valence-corrected chi connectivity index (χ1v) is 10.2. The van der Waals surface area contributed by atoms with Gasteiger partial charge in [0.05, 0.1) is 24.5 Å². The van der Waals surface area contributed by atoms with Gasteiger partial charge in [-0.1, -0.05) is 41.5 Å². The lowest BCUT2D eigenvalue weighted by Gasteiger charge is -2.34. The maximum absolute atomic E-state index is 12.9. The number of hydrogen-bond donors (Lipinski definition) is 1. The summed E-state index contributed by atoms with van der Waals surface area (Å²) in [6.45, 7) is 13.5. The van der Waals surface area contributed by atoms with Crippen molar-refractivity contribution in [3.63, 3.8) is 0 Å². The lowest BCUT2D eigenvalue weighted by Crippen LogP contribution is -2.44. The van der Waals surface area contributed by atoms with Gasteiger partial charge < -0.3 is 19.7 Å². The summed E-state index contributed by atoms with van der Waals surface area (Å²) in [6, 6.07) is 7.64. The molecule has 0 radical (unpaired) electrons. The lowest BCUT2D eigenvalue weighted by atomic mass is 9.94. The third-order valence-corrected chi connectivity index (χ3v) is 4.72. The Morgan fingerprint density at radius 3 is 2.53 bits per heavy atom. The molecule has 1 aliphatic heterocycles. The van der Waals surface area contributed by atoms with E-state index in [1.165, 1.54) is 0 Å². The molecule has 1 aromatic carbocycles. The van der Waals surface area contributed by atoms with Crippen LogP contribution in [-0.2, 0) is 21.6 Å². The van der Waals surface area contributed by atoms with Crippen LogP contribution in [0.3, 0.4) is 0 Å². The second-order valence-electron chi connectivity index (χ2n) is 9.61. The Morgan fingerprint density at radius 2 is 1.90 bits per heavy atom. The van der Waals surface area contributed by atoms with Crippen LogP contribution in [0.25, 0.3) is 0 Å². The molecular formula is C23H32N4O3. The molecule has 0 unspecified atom stereocenters. The van der Waals surface area contributed by atoms with E-state index < -0.39 is 5.41 Å². The quantitative estimate of drug-likeness (QED) is 0.800. The summed E-state index contributed by atoms with van der Waals surface area (Å²) in [5.41, 5.74) is 1.74. The highest BCUT2D eigenvalue weighted by Crippen LogP contribution is 2.37. The van der Waals surface area contributed by atoms with Crippen LogP contribution in [0.2, 0.25) is 0 Å². The Labute approximate surface area is 178 Å². The van der Waals surface area contributed by atoms with E-state index in [-0.39, 0.29) is 11.3 Å². The predicted octanol–water partition coefficient (Wildman–Crippen LogP) is 4.44. The van der Waals surface area contributed by atoms with Crippen molar-refractivity contribution in [2.45, 2.75) is 53.6 Å². The number of ether oxygens (including phenoxy) is 2. The summed E-state index contributed by atoms with van der Waals surface area (Å²) in [5, 5.41) is 3.36. The largest absolute Gasteiger partial charge is 0.490 e. The van der Waals surface area contributed by atoms with Crippen molar-refractivity contribution in [1.29, 1.82) is 0 Å². The molecule has 162 valence electrons. The van der Waals surface area contributed by atoms with Gasteiger partial charge in [0.25, 0.3) is 0 Å². The minimum Gasteiger partial charge on any atom is -0.490 e. The van der Waals surface area contributed by atoms with Gasteiger partial charge >= 0.3 is 0 Å². The van der Waals surface area contributed by atoms with Gasteiger partial charge in [-0.05, 0) is 18.2 Å². The van der Waals surface area contributed by atoms with Gasteiger partial charge in [0.2, 0.25) is 5.91 Å². The average molecular weight is 413 g/mol. The van der Waals surface area contributed by atoms with Gasteiger partial charge in [-0.25, -0.2) is 9.97 Å². The Bertz CT molecular complexity index is 929. The Hall–Kier alpha value is -2.67. The molecule has 7 nitrogen and oxygen atoms in total. The molecule has 0 aliphatic carbocycles. The molecule has 0 atom stereocenters. The van der Waals surface area contributed by atoms with E-state index in [2.05, 4.69) is 31.1 Å². The normalized spacial score (nSPS) is 14.2. The Morgan fingerprint density at radius 1 is 1.17 bits per heavy atom. The molecule has 1 N–H and O–H groups in total. The molecule has 0 saturated carbocycles. The molecule has 1 aromatic heterocycles. The van der Waals surface area contributed by atoms with Gasteiger partial charge in [0.15, 0.2) is 0 Å². The van der Waals surface area contributed by atoms with E-state index >= 15 is 0 Å². The molecule has 2 heterocycles. The number of carbonyl (C=O) groups excluding carboxylic acids is 1. The zero-order valence-electron chi connectivity index (χ0n) is 19.0. The van der Waals surface area contributed by atoms with Crippen LogP contribution in [0.5, 0.6) is 5.75 Å². The number of amides is 1. The van der Waals surface area contributed by atoms with Crippen molar-refractivity contribution in [1.82, 2.24) is 9.97 Å². The molecule has 1 aliphatic rings. The summed E-state index contributed by atoms with van der Waals surface area (Å²) in [4.78, 5) is 24.1. The molecular weight excluding hydrogens is 380 g/mol. The third kappa shape index (κ3) is 4.90. The van der Waals surface area contributed by atoms with Crippen molar-refractivity contribution in [2.75, 3.05) is 30.5 Å². The van der Waals surface area contributed by atoms with Crippen molar-refractivity contribution >= 4 is 23.1 Å². The highest BCUT2D eigenvalue weighted by Gasteiger charge is 2.32. The van der Waals surface area contributed by atoms with Gasteiger partial charge in [-0.15, -0.1) is 0 Å². The maximum Gasteiger partial charge on any atom is 0.232 e. The number of methoxy groups -OCH3 is 1. The van der Waals surface area contributed by atoms with Gasteiger partial charge in [-0.2, -0.15) is 0 Å². The molecule has 0 saturated heterocycles. The van der Waals surface area contributed by atoms with Crippen LogP contribution in [0.4, 0.5) is 17.2 Å². The SMILES string of the molecule is COCc1cc(Nc2ccc3c(c2)N(C(=O)C(C)(C)C)CCO3)nc(C(C)(C)C)n1. The number of carbonyl (C=O) groups is 1. The number of fused-ring (bicyclic) bond motifs is 1. The highest BCUT2D eigenvalue weighted by molar-refractivity contribution is 5.99. The van der Waals surface area contributed by atoms with E-state index in [4.69, 9.17) is 14.5 Å². The smallest absolute Gasteiger partial charge is 0.232 e. The molecule has 0 bridgehead atoms. The summed E-state index contributed by atoms with van der Waals surface area (Å²) >= 11 is 0. The number of aromatic nitrogens is 2. The first-order chi connectivity index (χ1) is 14.0. The maximum atomic E-state index is 12.9. The topological polar surface area (TPSA) is 76.6 Å². The van der Waals surface area contributed by atoms with Crippen LogP contribution in [0, 0.1) is 5.41 Å². The van der Waals surface area contributed by atoms with E-state index in [9.17, 15) is 4.79 Å². The number of hydrogen-bond acceptors (Lipinski definition) is 6. The monoisotopic (exact) mass is 412 g/mol. The summed E-state index contributed by atoms with van der Waals surface area (Å²) in [5.74, 6) is 2.21. The van der Waals surface area contributed by atoms with E-state index in [0.717, 1.165) is 22.9 Å². The molecule has 2 aromatic rings. The molecule has 7 heteroatoms. The number of benzene rings is 1. The first-order valence-electron chi connectivity index (χ1n) is 10.2. The van der Waals surface area contributed by atoms with E-state index in [1.807, 2.05) is 45.0 Å². The fraction of sp³-hybridized carbons (Fsp3) is 0.522. The summed E-state index contributed by atoms with van der Waals surface area (Å²) in [6.07, 6.45) is 0. The minimum absolute atomic E-state index is 0.0728. The average Bonchev–Trinajstić information content (AvgIpc) is 2.65. The predicted molar refractivity (Wildman–Crippen MR) is 118 cm³/mol. The second kappa shape index (κ2) is 8.22. The summed E-state index contributed by atoms with van der Waals surface area (Å²) in [7, 11) is 1.65. The summed E-state index contributed by atoms with van der Waals surface area (Å²) < 4.78 is 11.0. The molecule has 3 rings (SSSR count). The molecule has 0 spiro atoms. The lowest BCUT2D eigenvalue weighted by molar-refractivity contribution is -0.126. The van der Waals surface area contributed by atoms with Crippen molar-refractivity contribution in [2.24, 2.45) is 5.41 Å². The van der Waals surface area contributed by atoms with Crippen LogP contribution in [-0.4, -0.2) is 36.1 Å². The van der Waals surface area contributed by atoms with Crippen molar-refractivity contribution in [3.8, 4) is 5.75 Å². The minimum atomic E-state index is -0.471. The van der Waals surface area contributed by atoms with Crippen molar-refractivity contribution < 1.29 is 14.3 Å². The Balaban J connectivity index is 1.95. The van der Waals surface area contributed by atoms with E-state index in [1.54, 1.807) is 12.0 Å². The van der Waals surface area contributed by atoms with E-state index in [0.29, 0.717) is 31.3 Å². The van der Waals surface area contributed by atoms with Gasteiger partial charge in [-0.3, -0.25) is 4.79 Å². The number of anilines is 3. The van der Waals surface area contributed by atoms with Gasteiger partial charge in [0.1, 0.15) is 24.0 Å². The molecule has 30 heavy (non-hydrogen) atoms. The van der Waals surface area contributed by atoms with Crippen LogP contribution in [0.1, 0.15) is 53.1 Å².